The molecule has 0 aromatic heterocycles. The maximum Gasteiger partial charge on any atom is 0.337 e. The van der Waals surface area contributed by atoms with Gasteiger partial charge in [-0.25, -0.2) is 4.79 Å². The van der Waals surface area contributed by atoms with Crippen molar-refractivity contribution in [1.82, 2.24) is 4.90 Å². The molecule has 0 spiro atoms. The van der Waals surface area contributed by atoms with Crippen molar-refractivity contribution >= 4 is 11.9 Å². The molecule has 1 aliphatic carbocycles. The van der Waals surface area contributed by atoms with Crippen molar-refractivity contribution in [2.45, 2.75) is 38.3 Å². The number of aryl methyl sites for hydroxylation is 1. The van der Waals surface area contributed by atoms with Gasteiger partial charge in [0.15, 0.2) is 0 Å². The van der Waals surface area contributed by atoms with Crippen LogP contribution >= 0.6 is 0 Å². The first-order chi connectivity index (χ1) is 21.6. The molecule has 0 heterocycles. The Labute approximate surface area is 259 Å². The van der Waals surface area contributed by atoms with Crippen molar-refractivity contribution in [3.05, 3.63) is 167 Å². The second kappa shape index (κ2) is 13.6. The van der Waals surface area contributed by atoms with Crippen LogP contribution in [0.1, 0.15) is 50.6 Å². The number of ether oxygens (including phenoxy) is 1. The van der Waals surface area contributed by atoms with Crippen molar-refractivity contribution in [2.75, 3.05) is 7.11 Å². The number of benzene rings is 5. The Morgan fingerprint density at radius 3 is 2.20 bits per heavy atom. The minimum atomic E-state index is -0.380. The summed E-state index contributed by atoms with van der Waals surface area (Å²) < 4.78 is 4.96. The van der Waals surface area contributed by atoms with Gasteiger partial charge >= 0.3 is 5.97 Å². The summed E-state index contributed by atoms with van der Waals surface area (Å²) in [5, 5.41) is 0. The SMILES string of the molecule is COC(=O)c1cccc(-c2ccccc2CC(=O)N(Cc2ccccc2)C2c3ccccc3CCC2Cc2ccccc2)c1. The number of methoxy groups -OCH3 is 1. The molecule has 2 unspecified atom stereocenters. The van der Waals surface area contributed by atoms with Crippen molar-refractivity contribution < 1.29 is 14.3 Å². The maximum absolute atomic E-state index is 14.7. The van der Waals surface area contributed by atoms with Crippen LogP contribution in [0.2, 0.25) is 0 Å². The van der Waals surface area contributed by atoms with E-state index in [0.717, 1.165) is 41.5 Å². The summed E-state index contributed by atoms with van der Waals surface area (Å²) in [6, 6.07) is 45.0. The van der Waals surface area contributed by atoms with Crippen molar-refractivity contribution in [3.8, 4) is 11.1 Å². The smallest absolute Gasteiger partial charge is 0.337 e. The summed E-state index contributed by atoms with van der Waals surface area (Å²) in [6.45, 7) is 0.532. The lowest BCUT2D eigenvalue weighted by Gasteiger charge is -2.42. The second-order valence-corrected chi connectivity index (χ2v) is 11.5. The van der Waals surface area contributed by atoms with Crippen LogP contribution in [0.15, 0.2) is 133 Å². The van der Waals surface area contributed by atoms with Crippen molar-refractivity contribution in [2.24, 2.45) is 5.92 Å². The fourth-order valence-corrected chi connectivity index (χ4v) is 6.63. The summed E-state index contributed by atoms with van der Waals surface area (Å²) in [5.74, 6) is -0.00741. The lowest BCUT2D eigenvalue weighted by molar-refractivity contribution is -0.135. The van der Waals surface area contributed by atoms with E-state index in [4.69, 9.17) is 4.74 Å². The highest BCUT2D eigenvalue weighted by molar-refractivity contribution is 5.91. The van der Waals surface area contributed by atoms with E-state index in [0.29, 0.717) is 12.1 Å². The number of esters is 1. The van der Waals surface area contributed by atoms with E-state index in [9.17, 15) is 9.59 Å². The van der Waals surface area contributed by atoms with Gasteiger partial charge < -0.3 is 9.64 Å². The number of carbonyl (C=O) groups excluding carboxylic acids is 2. The molecule has 2 atom stereocenters. The van der Waals surface area contributed by atoms with Gasteiger partial charge in [0.2, 0.25) is 5.91 Å². The van der Waals surface area contributed by atoms with E-state index in [-0.39, 0.29) is 30.3 Å². The molecule has 0 saturated heterocycles. The molecule has 5 aromatic rings. The predicted octanol–water partition coefficient (Wildman–Crippen LogP) is 8.26. The van der Waals surface area contributed by atoms with E-state index < -0.39 is 0 Å². The average molecular weight is 580 g/mol. The highest BCUT2D eigenvalue weighted by Gasteiger charge is 2.36. The summed E-state index contributed by atoms with van der Waals surface area (Å²) in [5.41, 5.74) is 8.23. The Balaban J connectivity index is 1.39. The van der Waals surface area contributed by atoms with Crippen LogP contribution in [0.4, 0.5) is 0 Å². The molecular weight excluding hydrogens is 542 g/mol. The Hall–Kier alpha value is -4.96. The van der Waals surface area contributed by atoms with Crippen LogP contribution < -0.4 is 0 Å². The molecule has 220 valence electrons. The number of amides is 1. The number of rotatable bonds is 9. The van der Waals surface area contributed by atoms with Gasteiger partial charge in [-0.1, -0.05) is 121 Å². The third kappa shape index (κ3) is 6.50. The standard InChI is InChI=1S/C40H37NO3/c1-44-40(43)35-20-12-19-32(26-35)36-21-10-9-18-33(36)27-38(42)41(28-30-15-6-3-7-16-30)39-34(25-29-13-4-2-5-14-29)24-23-31-17-8-11-22-37(31)39/h2-22,26,34,39H,23-25,27-28H2,1H3. The van der Waals surface area contributed by atoms with Crippen LogP contribution in [0.25, 0.3) is 11.1 Å². The largest absolute Gasteiger partial charge is 0.465 e. The zero-order chi connectivity index (χ0) is 30.3. The molecule has 4 heteroatoms. The van der Waals surface area contributed by atoms with Gasteiger partial charge in [0.05, 0.1) is 25.1 Å². The second-order valence-electron chi connectivity index (χ2n) is 11.5. The van der Waals surface area contributed by atoms with Gasteiger partial charge in [-0.3, -0.25) is 4.79 Å². The zero-order valence-electron chi connectivity index (χ0n) is 25.1. The van der Waals surface area contributed by atoms with Gasteiger partial charge in [0.1, 0.15) is 0 Å². The highest BCUT2D eigenvalue weighted by Crippen LogP contribution is 2.42. The molecule has 5 aromatic carbocycles. The first kappa shape index (κ1) is 29.1. The molecule has 0 radical (unpaired) electrons. The quantitative estimate of drug-likeness (QED) is 0.165. The van der Waals surface area contributed by atoms with E-state index in [1.807, 2.05) is 60.7 Å². The van der Waals surface area contributed by atoms with Gasteiger partial charge in [0, 0.05) is 6.54 Å². The van der Waals surface area contributed by atoms with Crippen molar-refractivity contribution in [1.29, 1.82) is 0 Å². The first-order valence-electron chi connectivity index (χ1n) is 15.3. The lowest BCUT2D eigenvalue weighted by Crippen LogP contribution is -2.42. The van der Waals surface area contributed by atoms with E-state index in [1.54, 1.807) is 6.07 Å². The Kier molecular flexibility index (Phi) is 8.98. The summed E-state index contributed by atoms with van der Waals surface area (Å²) in [7, 11) is 1.39. The topological polar surface area (TPSA) is 46.6 Å². The minimum Gasteiger partial charge on any atom is -0.465 e. The van der Waals surface area contributed by atoms with Gasteiger partial charge in [-0.2, -0.15) is 0 Å². The molecule has 0 fully saturated rings. The first-order valence-corrected chi connectivity index (χ1v) is 15.3. The number of hydrogen-bond acceptors (Lipinski definition) is 3. The molecule has 44 heavy (non-hydrogen) atoms. The maximum atomic E-state index is 14.7. The van der Waals surface area contributed by atoms with Crippen LogP contribution in [0.3, 0.4) is 0 Å². The molecule has 1 amide bonds. The zero-order valence-corrected chi connectivity index (χ0v) is 25.1. The molecule has 6 rings (SSSR count). The van der Waals surface area contributed by atoms with E-state index in [1.165, 1.54) is 23.8 Å². The highest BCUT2D eigenvalue weighted by atomic mass is 16.5. The number of hydrogen-bond donors (Lipinski definition) is 0. The van der Waals surface area contributed by atoms with Crippen molar-refractivity contribution in [3.63, 3.8) is 0 Å². The van der Waals surface area contributed by atoms with Crippen LogP contribution in [-0.4, -0.2) is 23.9 Å². The normalized spacial score (nSPS) is 15.7. The van der Waals surface area contributed by atoms with Crippen LogP contribution in [0, 0.1) is 5.92 Å². The van der Waals surface area contributed by atoms with Crippen LogP contribution in [0.5, 0.6) is 0 Å². The average Bonchev–Trinajstić information content (AvgIpc) is 3.08. The third-order valence-electron chi connectivity index (χ3n) is 8.75. The Bertz CT molecular complexity index is 1730. The minimum absolute atomic E-state index is 0.0531. The number of fused-ring (bicyclic) bond motifs is 1. The summed E-state index contributed by atoms with van der Waals surface area (Å²) in [6.07, 6.45) is 3.19. The summed E-state index contributed by atoms with van der Waals surface area (Å²) in [4.78, 5) is 29.1. The third-order valence-corrected chi connectivity index (χ3v) is 8.75. The predicted molar refractivity (Wildman–Crippen MR) is 175 cm³/mol. The molecule has 0 N–H and O–H groups in total. The summed E-state index contributed by atoms with van der Waals surface area (Å²) >= 11 is 0. The van der Waals surface area contributed by atoms with Gasteiger partial charge in [0.25, 0.3) is 0 Å². The molecule has 1 aliphatic rings. The molecule has 0 aliphatic heterocycles. The van der Waals surface area contributed by atoms with Gasteiger partial charge in [-0.05, 0) is 76.3 Å². The monoisotopic (exact) mass is 579 g/mol. The van der Waals surface area contributed by atoms with E-state index >= 15 is 0 Å². The molecule has 4 nitrogen and oxygen atoms in total. The van der Waals surface area contributed by atoms with E-state index in [2.05, 4.69) is 71.6 Å². The number of nitrogens with zero attached hydrogens (tertiary/aromatic N) is 1. The Morgan fingerprint density at radius 2 is 1.43 bits per heavy atom. The fourth-order valence-electron chi connectivity index (χ4n) is 6.63. The molecular formula is C40H37NO3. The Morgan fingerprint density at radius 1 is 0.750 bits per heavy atom. The fraction of sp³-hybridized carbons (Fsp3) is 0.200. The molecule has 0 saturated carbocycles. The number of carbonyl (C=O) groups is 2. The van der Waals surface area contributed by atoms with Gasteiger partial charge in [-0.15, -0.1) is 0 Å². The lowest BCUT2D eigenvalue weighted by atomic mass is 9.76. The molecule has 0 bridgehead atoms. The van der Waals surface area contributed by atoms with Crippen LogP contribution in [-0.2, 0) is 35.3 Å².